The quantitative estimate of drug-likeness (QED) is 0.155. The number of aliphatic hydroxyl groups is 2. The third kappa shape index (κ3) is 11.0. The monoisotopic (exact) mass is 660 g/mol. The lowest BCUT2D eigenvalue weighted by atomic mass is 9.94. The Morgan fingerprint density at radius 3 is 2.11 bits per heavy atom. The maximum absolute atomic E-state index is 14.0. The molecular formula is C32H38F2N4O7S. The van der Waals surface area contributed by atoms with Crippen LogP contribution in [0.15, 0.2) is 73.1 Å². The molecule has 0 saturated heterocycles. The van der Waals surface area contributed by atoms with E-state index < -0.39 is 81.7 Å². The summed E-state index contributed by atoms with van der Waals surface area (Å²) >= 11 is 0. The van der Waals surface area contributed by atoms with Gasteiger partial charge in [-0.15, -0.1) is 0 Å². The lowest BCUT2D eigenvalue weighted by Gasteiger charge is -2.32. The number of aromatic nitrogens is 1. The van der Waals surface area contributed by atoms with Gasteiger partial charge in [-0.2, -0.15) is 0 Å². The van der Waals surface area contributed by atoms with E-state index in [9.17, 15) is 41.8 Å². The standard InChI is InChI=1S/C32H38F2N4O7S/c1-3-4-13-46(44,45)19-27(38-31(42)23-11-8-12-35-18-23)32(43)37-26(16-21-14-24(33)17-25(34)15-21)29(40)28(39)20(2)36-30(41)22-9-6-5-7-10-22/h5-12,14-15,17-18,20,26-29,39-40H,3-4,13,16,19H2,1-2H3,(H,36,41)(H,37,43)(H,38,42)/t20-,26+,27-,28-,29-/m1/s1. The number of hydrogen-bond acceptors (Lipinski definition) is 8. The van der Waals surface area contributed by atoms with Crippen molar-refractivity contribution < 1.29 is 41.8 Å². The number of nitrogens with one attached hydrogen (secondary N) is 3. The minimum absolute atomic E-state index is 0.00142. The summed E-state index contributed by atoms with van der Waals surface area (Å²) < 4.78 is 53.8. The number of hydrogen-bond donors (Lipinski definition) is 5. The van der Waals surface area contributed by atoms with Gasteiger partial charge in [0, 0.05) is 24.0 Å². The Kier molecular flexibility index (Phi) is 13.3. The molecular weight excluding hydrogens is 622 g/mol. The molecule has 0 aliphatic carbocycles. The highest BCUT2D eigenvalue weighted by Crippen LogP contribution is 2.16. The van der Waals surface area contributed by atoms with Crippen molar-refractivity contribution in [1.29, 1.82) is 0 Å². The Morgan fingerprint density at radius 2 is 1.50 bits per heavy atom. The number of aliphatic hydroxyl groups excluding tert-OH is 2. The first-order valence-corrected chi connectivity index (χ1v) is 16.5. The van der Waals surface area contributed by atoms with Gasteiger partial charge < -0.3 is 26.2 Å². The van der Waals surface area contributed by atoms with E-state index in [-0.39, 0.29) is 22.4 Å². The number of rotatable bonds is 16. The number of halogens is 2. The van der Waals surface area contributed by atoms with Gasteiger partial charge in [-0.25, -0.2) is 17.2 Å². The van der Waals surface area contributed by atoms with Crippen molar-refractivity contribution in [3.05, 3.63) is 101 Å². The Balaban J connectivity index is 1.89. The molecule has 0 spiro atoms. The predicted octanol–water partition coefficient (Wildman–Crippen LogP) is 1.94. The molecule has 3 rings (SSSR count). The summed E-state index contributed by atoms with van der Waals surface area (Å²) in [6.45, 7) is 3.20. The van der Waals surface area contributed by atoms with Gasteiger partial charge in [0.05, 0.1) is 29.2 Å². The molecule has 3 aromatic rings. The van der Waals surface area contributed by atoms with Gasteiger partial charge in [0.1, 0.15) is 29.9 Å². The molecule has 0 saturated carbocycles. The molecule has 0 aliphatic heterocycles. The zero-order valence-corrected chi connectivity index (χ0v) is 26.2. The molecule has 5 N–H and O–H groups in total. The highest BCUT2D eigenvalue weighted by Gasteiger charge is 2.35. The van der Waals surface area contributed by atoms with Crippen LogP contribution in [0.1, 0.15) is 53.0 Å². The van der Waals surface area contributed by atoms with Crippen molar-refractivity contribution in [2.24, 2.45) is 0 Å². The van der Waals surface area contributed by atoms with E-state index in [2.05, 4.69) is 20.9 Å². The summed E-state index contributed by atoms with van der Waals surface area (Å²) in [5.74, 6) is -5.27. The topological polar surface area (TPSA) is 175 Å². The second-order valence-corrected chi connectivity index (χ2v) is 13.2. The van der Waals surface area contributed by atoms with Crippen LogP contribution in [0, 0.1) is 11.6 Å². The molecule has 3 amide bonds. The molecule has 0 bridgehead atoms. The molecule has 46 heavy (non-hydrogen) atoms. The van der Waals surface area contributed by atoms with Gasteiger partial charge in [0.25, 0.3) is 11.8 Å². The molecule has 248 valence electrons. The Morgan fingerprint density at radius 1 is 0.870 bits per heavy atom. The second-order valence-electron chi connectivity index (χ2n) is 10.9. The minimum Gasteiger partial charge on any atom is -0.388 e. The molecule has 14 heteroatoms. The van der Waals surface area contributed by atoms with Gasteiger partial charge in [0.2, 0.25) is 5.91 Å². The number of nitrogens with zero attached hydrogens (tertiary/aromatic N) is 1. The summed E-state index contributed by atoms with van der Waals surface area (Å²) in [7, 11) is -3.86. The lowest BCUT2D eigenvalue weighted by molar-refractivity contribution is -0.125. The Labute approximate surface area is 266 Å². The van der Waals surface area contributed by atoms with Gasteiger partial charge >= 0.3 is 0 Å². The van der Waals surface area contributed by atoms with Crippen molar-refractivity contribution >= 4 is 27.6 Å². The molecule has 0 radical (unpaired) electrons. The van der Waals surface area contributed by atoms with Crippen LogP contribution in [0.2, 0.25) is 0 Å². The maximum Gasteiger partial charge on any atom is 0.253 e. The van der Waals surface area contributed by atoms with Crippen LogP contribution in [0.25, 0.3) is 0 Å². The third-order valence-corrected chi connectivity index (χ3v) is 8.90. The highest BCUT2D eigenvalue weighted by atomic mass is 32.2. The minimum atomic E-state index is -3.86. The van der Waals surface area contributed by atoms with Crippen LogP contribution >= 0.6 is 0 Å². The summed E-state index contributed by atoms with van der Waals surface area (Å²) in [5.41, 5.74) is 0.339. The number of carbonyl (C=O) groups is 3. The van der Waals surface area contributed by atoms with E-state index in [0.717, 1.165) is 12.1 Å². The number of carbonyl (C=O) groups excluding carboxylic acids is 3. The van der Waals surface area contributed by atoms with Crippen LogP contribution in [0.3, 0.4) is 0 Å². The first-order chi connectivity index (χ1) is 21.8. The largest absolute Gasteiger partial charge is 0.388 e. The molecule has 0 fully saturated rings. The number of pyridine rings is 1. The van der Waals surface area contributed by atoms with E-state index in [1.54, 1.807) is 37.3 Å². The van der Waals surface area contributed by atoms with E-state index in [1.165, 1.54) is 31.5 Å². The first kappa shape index (κ1) is 36.2. The molecule has 1 aromatic heterocycles. The summed E-state index contributed by atoms with van der Waals surface area (Å²) in [6, 6.07) is 9.34. The van der Waals surface area contributed by atoms with Crippen LogP contribution in [0.5, 0.6) is 0 Å². The average molecular weight is 661 g/mol. The van der Waals surface area contributed by atoms with Crippen molar-refractivity contribution in [2.45, 2.75) is 63.4 Å². The molecule has 2 aromatic carbocycles. The van der Waals surface area contributed by atoms with Crippen LogP contribution in [-0.4, -0.2) is 83.2 Å². The van der Waals surface area contributed by atoms with Crippen molar-refractivity contribution in [2.75, 3.05) is 11.5 Å². The normalized spacial score (nSPS) is 14.7. The first-order valence-electron chi connectivity index (χ1n) is 14.7. The summed E-state index contributed by atoms with van der Waals surface area (Å²) in [4.78, 5) is 43.1. The number of sulfone groups is 1. The fraction of sp³-hybridized carbons (Fsp3) is 0.375. The van der Waals surface area contributed by atoms with Crippen LogP contribution < -0.4 is 16.0 Å². The molecule has 5 atom stereocenters. The smallest absolute Gasteiger partial charge is 0.253 e. The van der Waals surface area contributed by atoms with Gasteiger partial charge in [-0.05, 0) is 61.7 Å². The zero-order valence-electron chi connectivity index (χ0n) is 25.4. The van der Waals surface area contributed by atoms with Crippen molar-refractivity contribution in [3.8, 4) is 0 Å². The van der Waals surface area contributed by atoms with Crippen molar-refractivity contribution in [1.82, 2.24) is 20.9 Å². The van der Waals surface area contributed by atoms with E-state index in [1.807, 2.05) is 0 Å². The Hall–Kier alpha value is -4.27. The maximum atomic E-state index is 14.0. The number of unbranched alkanes of at least 4 members (excludes halogenated alkanes) is 1. The van der Waals surface area contributed by atoms with E-state index in [0.29, 0.717) is 18.9 Å². The van der Waals surface area contributed by atoms with Gasteiger partial charge in [-0.3, -0.25) is 19.4 Å². The predicted molar refractivity (Wildman–Crippen MR) is 166 cm³/mol. The fourth-order valence-electron chi connectivity index (χ4n) is 4.65. The lowest BCUT2D eigenvalue weighted by Crippen LogP contribution is -2.59. The number of amides is 3. The van der Waals surface area contributed by atoms with E-state index in [4.69, 9.17) is 0 Å². The molecule has 1 heterocycles. The summed E-state index contributed by atoms with van der Waals surface area (Å²) in [5, 5.41) is 29.7. The summed E-state index contributed by atoms with van der Waals surface area (Å²) in [6.07, 6.45) is -0.439. The number of benzene rings is 2. The zero-order chi connectivity index (χ0) is 33.9. The van der Waals surface area contributed by atoms with Crippen LogP contribution in [0.4, 0.5) is 8.78 Å². The fourth-order valence-corrected chi connectivity index (χ4v) is 6.28. The highest BCUT2D eigenvalue weighted by molar-refractivity contribution is 7.91. The van der Waals surface area contributed by atoms with Gasteiger partial charge in [0.15, 0.2) is 9.84 Å². The second kappa shape index (κ2) is 16.9. The van der Waals surface area contributed by atoms with Gasteiger partial charge in [-0.1, -0.05) is 31.5 Å². The molecule has 0 unspecified atom stereocenters. The third-order valence-electron chi connectivity index (χ3n) is 7.15. The van der Waals surface area contributed by atoms with E-state index >= 15 is 0 Å². The average Bonchev–Trinajstić information content (AvgIpc) is 3.02. The molecule has 11 nitrogen and oxygen atoms in total. The van der Waals surface area contributed by atoms with Crippen LogP contribution in [-0.2, 0) is 21.1 Å². The Bertz CT molecular complexity index is 1560. The molecule has 0 aliphatic rings. The SMILES string of the molecule is CCCCS(=O)(=O)C[C@@H](NC(=O)c1cccnc1)C(=O)N[C@@H](Cc1cc(F)cc(F)c1)[C@@H](O)[C@H](O)[C@@H](C)NC(=O)c1ccccc1. The van der Waals surface area contributed by atoms with Crippen molar-refractivity contribution in [3.63, 3.8) is 0 Å².